The molecule has 0 aliphatic heterocycles. The molecule has 0 amide bonds. The van der Waals surface area contributed by atoms with E-state index >= 15 is 0 Å². The summed E-state index contributed by atoms with van der Waals surface area (Å²) >= 11 is 0. The van der Waals surface area contributed by atoms with Crippen molar-refractivity contribution >= 4 is 11.6 Å². The van der Waals surface area contributed by atoms with Gasteiger partial charge in [0.15, 0.2) is 0 Å². The zero-order chi connectivity index (χ0) is 20.4. The van der Waals surface area contributed by atoms with Gasteiger partial charge in [-0.1, -0.05) is 17.7 Å². The quantitative estimate of drug-likeness (QED) is 0.540. The highest BCUT2D eigenvalue weighted by molar-refractivity contribution is 5.57. The van der Waals surface area contributed by atoms with E-state index in [1.54, 1.807) is 24.3 Å². The molecule has 2 N–H and O–H groups in total. The summed E-state index contributed by atoms with van der Waals surface area (Å²) in [6, 6.07) is 13.6. The van der Waals surface area contributed by atoms with E-state index in [1.165, 1.54) is 27.3 Å². The maximum absolute atomic E-state index is 8.97. The number of anilines is 2. The molecule has 5 nitrogen and oxygen atoms in total. The van der Waals surface area contributed by atoms with Crippen molar-refractivity contribution in [3.63, 3.8) is 0 Å². The van der Waals surface area contributed by atoms with Crippen molar-refractivity contribution in [2.75, 3.05) is 5.01 Å². The molecule has 2 aromatic carbocycles. The maximum Gasteiger partial charge on any atom is 0.245 e. The van der Waals surface area contributed by atoms with Crippen LogP contribution in [-0.2, 0) is 6.42 Å². The molecule has 5 heteroatoms. The van der Waals surface area contributed by atoms with Gasteiger partial charge in [-0.3, -0.25) is 0 Å². The molecule has 0 spiro atoms. The van der Waals surface area contributed by atoms with E-state index in [9.17, 15) is 0 Å². The van der Waals surface area contributed by atoms with Gasteiger partial charge in [0.05, 0.1) is 23.0 Å². The third kappa shape index (κ3) is 3.88. The summed E-state index contributed by atoms with van der Waals surface area (Å²) in [5.41, 5.74) is 9.38. The first-order chi connectivity index (χ1) is 13.3. The van der Waals surface area contributed by atoms with Gasteiger partial charge in [0.1, 0.15) is 0 Å². The van der Waals surface area contributed by atoms with Crippen LogP contribution >= 0.6 is 0 Å². The Morgan fingerprint density at radius 2 is 1.57 bits per heavy atom. The summed E-state index contributed by atoms with van der Waals surface area (Å²) in [5, 5.41) is 10.4. The van der Waals surface area contributed by atoms with E-state index in [4.69, 9.17) is 16.1 Å². The van der Waals surface area contributed by atoms with Gasteiger partial charge in [0.25, 0.3) is 0 Å². The number of hydrogen-bond acceptors (Lipinski definition) is 5. The summed E-state index contributed by atoms with van der Waals surface area (Å²) in [4.78, 5) is 9.35. The smallest absolute Gasteiger partial charge is 0.245 e. The van der Waals surface area contributed by atoms with Crippen LogP contribution in [-0.4, -0.2) is 9.97 Å². The van der Waals surface area contributed by atoms with Gasteiger partial charge >= 0.3 is 0 Å². The van der Waals surface area contributed by atoms with Crippen molar-refractivity contribution in [2.24, 2.45) is 5.84 Å². The number of rotatable bonds is 4. The average Bonchev–Trinajstić information content (AvgIpc) is 2.67. The highest BCUT2D eigenvalue weighted by Gasteiger charge is 2.15. The number of nitriles is 1. The molecule has 3 aromatic rings. The molecule has 0 fully saturated rings. The minimum atomic E-state index is 0.449. The number of nitrogens with zero attached hydrogens (tertiary/aromatic N) is 4. The number of aryl methyl sites for hydroxylation is 4. The largest absolute Gasteiger partial charge is 0.246 e. The molecule has 1 heterocycles. The highest BCUT2D eigenvalue weighted by Crippen LogP contribution is 2.25. The summed E-state index contributed by atoms with van der Waals surface area (Å²) in [5.74, 6) is 6.74. The zero-order valence-corrected chi connectivity index (χ0v) is 17.0. The molecule has 0 aliphatic carbocycles. The third-order valence-corrected chi connectivity index (χ3v) is 5.15. The van der Waals surface area contributed by atoms with E-state index in [1.807, 2.05) is 6.92 Å². The van der Waals surface area contributed by atoms with Crippen molar-refractivity contribution < 1.29 is 0 Å². The molecule has 1 aromatic heterocycles. The summed E-state index contributed by atoms with van der Waals surface area (Å²) in [6.45, 7) is 10.4. The van der Waals surface area contributed by atoms with Gasteiger partial charge in [0.2, 0.25) is 5.95 Å². The van der Waals surface area contributed by atoms with E-state index in [0.717, 1.165) is 29.1 Å². The Morgan fingerprint density at radius 1 is 0.964 bits per heavy atom. The second-order valence-corrected chi connectivity index (χ2v) is 7.26. The van der Waals surface area contributed by atoms with Crippen molar-refractivity contribution in [3.05, 3.63) is 81.2 Å². The van der Waals surface area contributed by atoms with Crippen molar-refractivity contribution in [1.29, 1.82) is 5.26 Å². The highest BCUT2D eigenvalue weighted by atomic mass is 15.5. The summed E-state index contributed by atoms with van der Waals surface area (Å²) < 4.78 is 0. The first-order valence-corrected chi connectivity index (χ1v) is 9.26. The lowest BCUT2D eigenvalue weighted by Crippen LogP contribution is -2.28. The fourth-order valence-electron chi connectivity index (χ4n) is 3.42. The predicted octanol–water partition coefficient (Wildman–Crippen LogP) is 4.49. The van der Waals surface area contributed by atoms with Crippen molar-refractivity contribution in [1.82, 2.24) is 9.97 Å². The Kier molecular flexibility index (Phi) is 5.43. The normalized spacial score (nSPS) is 10.6. The predicted molar refractivity (Wildman–Crippen MR) is 112 cm³/mol. The van der Waals surface area contributed by atoms with Crippen molar-refractivity contribution in [3.8, 4) is 6.07 Å². The second-order valence-electron chi connectivity index (χ2n) is 7.26. The monoisotopic (exact) mass is 371 g/mol. The van der Waals surface area contributed by atoms with Crippen LogP contribution in [0.4, 0.5) is 11.6 Å². The van der Waals surface area contributed by atoms with Gasteiger partial charge in [-0.25, -0.2) is 20.8 Å². The fourth-order valence-corrected chi connectivity index (χ4v) is 3.42. The molecule has 142 valence electrons. The number of hydrogen-bond donors (Lipinski definition) is 1. The lowest BCUT2D eigenvalue weighted by molar-refractivity contribution is 0.900. The Bertz CT molecular complexity index is 1040. The Hall–Kier alpha value is -3.23. The van der Waals surface area contributed by atoms with Gasteiger partial charge < -0.3 is 0 Å². The lowest BCUT2D eigenvalue weighted by atomic mass is 9.95. The Morgan fingerprint density at radius 3 is 2.14 bits per heavy atom. The maximum atomic E-state index is 8.97. The van der Waals surface area contributed by atoms with Crippen LogP contribution in [0.3, 0.4) is 0 Å². The van der Waals surface area contributed by atoms with Crippen LogP contribution in [0.5, 0.6) is 0 Å². The molecule has 3 rings (SSSR count). The summed E-state index contributed by atoms with van der Waals surface area (Å²) in [7, 11) is 0. The van der Waals surface area contributed by atoms with E-state index in [0.29, 0.717) is 11.5 Å². The zero-order valence-electron chi connectivity index (χ0n) is 17.0. The molecular formula is C23H25N5. The van der Waals surface area contributed by atoms with E-state index in [2.05, 4.69) is 50.9 Å². The molecule has 0 radical (unpaired) electrons. The van der Waals surface area contributed by atoms with Gasteiger partial charge in [-0.15, -0.1) is 0 Å². The van der Waals surface area contributed by atoms with Crippen LogP contribution in [0.1, 0.15) is 44.8 Å². The third-order valence-electron chi connectivity index (χ3n) is 5.15. The van der Waals surface area contributed by atoms with Crippen LogP contribution in [0.15, 0.2) is 36.4 Å². The minimum absolute atomic E-state index is 0.449. The molecule has 0 aliphatic rings. The van der Waals surface area contributed by atoms with Crippen LogP contribution < -0.4 is 10.9 Å². The number of benzene rings is 2. The summed E-state index contributed by atoms with van der Waals surface area (Å²) in [6.07, 6.45) is 0.737. The van der Waals surface area contributed by atoms with Gasteiger partial charge in [-0.05, 0) is 81.1 Å². The first-order valence-electron chi connectivity index (χ1n) is 9.26. The minimum Gasteiger partial charge on any atom is -0.246 e. The van der Waals surface area contributed by atoms with E-state index < -0.39 is 0 Å². The first kappa shape index (κ1) is 19.5. The lowest BCUT2D eigenvalue weighted by Gasteiger charge is -2.20. The molecule has 0 atom stereocenters. The molecule has 28 heavy (non-hydrogen) atoms. The molecule has 0 bridgehead atoms. The topological polar surface area (TPSA) is 78.8 Å². The van der Waals surface area contributed by atoms with Gasteiger partial charge in [-0.2, -0.15) is 5.26 Å². The fraction of sp³-hybridized carbons (Fsp3) is 0.261. The Balaban J connectivity index is 2.00. The molecule has 0 saturated heterocycles. The number of nitrogens with two attached hydrogens (primary N) is 1. The molecule has 0 unspecified atom stereocenters. The van der Waals surface area contributed by atoms with Gasteiger partial charge in [0, 0.05) is 12.1 Å². The standard InChI is InChI=1S/C23H25N5/c1-14-10-15(2)21(16(3)11-14)12-22-17(4)18(5)26-23(27-22)28(25)20-8-6-19(13-24)7-9-20/h6-11H,12,25H2,1-5H3. The number of hydrazine groups is 1. The second kappa shape index (κ2) is 7.79. The van der Waals surface area contributed by atoms with Crippen LogP contribution in [0.2, 0.25) is 0 Å². The Labute approximate surface area is 166 Å². The van der Waals surface area contributed by atoms with E-state index in [-0.39, 0.29) is 0 Å². The average molecular weight is 371 g/mol. The number of aromatic nitrogens is 2. The van der Waals surface area contributed by atoms with Crippen LogP contribution in [0, 0.1) is 45.9 Å². The van der Waals surface area contributed by atoms with Crippen LogP contribution in [0.25, 0.3) is 0 Å². The van der Waals surface area contributed by atoms with Crippen molar-refractivity contribution in [2.45, 2.75) is 41.0 Å². The molecule has 0 saturated carbocycles. The molecular weight excluding hydrogens is 346 g/mol. The SMILES string of the molecule is Cc1cc(C)c(Cc2nc(N(N)c3ccc(C#N)cc3)nc(C)c2C)c(C)c1.